The van der Waals surface area contributed by atoms with Gasteiger partial charge in [-0.25, -0.2) is 4.98 Å². The van der Waals surface area contributed by atoms with Crippen LogP contribution < -0.4 is 14.5 Å². The van der Waals surface area contributed by atoms with E-state index >= 15 is 0 Å². The summed E-state index contributed by atoms with van der Waals surface area (Å²) in [4.78, 5) is 9.03. The van der Waals surface area contributed by atoms with E-state index < -0.39 is 65.8 Å². The SMILES string of the molecule is [2H]c1c([2H])c([2H])c(-c2cc(C(C)(C)C)cc(-c3c([2H])c([2H])c([2H])c([2H])c3[2H])c2N2CN(c3cccc(Oc4ccc5c6ccc7c(c6n(-c6cc(C(C)(C)C)ccn6)c5c4)-c4ccccc4C7)c3)c3ccccc32)c([2H])c1[2H]. The van der Waals surface area contributed by atoms with E-state index in [0.29, 0.717) is 28.4 Å². The van der Waals surface area contributed by atoms with Gasteiger partial charge in [0.25, 0.3) is 0 Å². The molecule has 0 N–H and O–H groups in total. The monoisotopic (exact) mass is 892 g/mol. The summed E-state index contributed by atoms with van der Waals surface area (Å²) in [6, 6.07) is 37.7. The molecule has 332 valence electrons. The third-order valence-electron chi connectivity index (χ3n) is 13.4. The number of benzene rings is 8. The maximum Gasteiger partial charge on any atom is 0.137 e. The first-order valence-corrected chi connectivity index (χ1v) is 23.0. The Balaban J connectivity index is 1.01. The number of aromatic nitrogens is 2. The molecule has 5 nitrogen and oxygen atoms in total. The van der Waals surface area contributed by atoms with Crippen molar-refractivity contribution in [3.05, 3.63) is 216 Å². The van der Waals surface area contributed by atoms with Crippen molar-refractivity contribution < 1.29 is 18.4 Å². The van der Waals surface area contributed by atoms with Crippen LogP contribution in [0.15, 0.2) is 194 Å². The van der Waals surface area contributed by atoms with Crippen LogP contribution in [0.1, 0.15) is 77.5 Å². The highest BCUT2D eigenvalue weighted by Gasteiger charge is 2.33. The Hall–Kier alpha value is -7.89. The lowest BCUT2D eigenvalue weighted by molar-refractivity contribution is 0.483. The van der Waals surface area contributed by atoms with Crippen molar-refractivity contribution in [3.63, 3.8) is 0 Å². The summed E-state index contributed by atoms with van der Waals surface area (Å²) in [7, 11) is 0. The molecule has 0 fully saturated rings. The van der Waals surface area contributed by atoms with Gasteiger partial charge in [-0.2, -0.15) is 0 Å². The van der Waals surface area contributed by atoms with Gasteiger partial charge in [-0.1, -0.05) is 157 Å². The molecule has 2 aromatic heterocycles. The van der Waals surface area contributed by atoms with Crippen molar-refractivity contribution in [3.8, 4) is 50.7 Å². The van der Waals surface area contributed by atoms with E-state index in [9.17, 15) is 5.48 Å². The second kappa shape index (κ2) is 15.9. The molecule has 1 aliphatic heterocycles. The second-order valence-electron chi connectivity index (χ2n) is 19.8. The molecular formula is C63H54N4O. The summed E-state index contributed by atoms with van der Waals surface area (Å²) in [5, 5.41) is 2.18. The lowest BCUT2D eigenvalue weighted by atomic mass is 9.82. The van der Waals surface area contributed by atoms with E-state index in [1.54, 1.807) is 0 Å². The van der Waals surface area contributed by atoms with Crippen LogP contribution in [0.4, 0.5) is 22.7 Å². The molecule has 3 heterocycles. The van der Waals surface area contributed by atoms with Crippen LogP contribution in [0.2, 0.25) is 0 Å². The Morgan fingerprint density at radius 2 is 1.19 bits per heavy atom. The Labute approximate surface area is 413 Å². The van der Waals surface area contributed by atoms with Crippen molar-refractivity contribution in [2.24, 2.45) is 0 Å². The van der Waals surface area contributed by atoms with Gasteiger partial charge in [0.05, 0.1) is 41.8 Å². The number of anilines is 4. The zero-order valence-electron chi connectivity index (χ0n) is 48.8. The first-order valence-electron chi connectivity index (χ1n) is 28.0. The molecule has 0 bridgehead atoms. The van der Waals surface area contributed by atoms with Crippen molar-refractivity contribution in [1.82, 2.24) is 9.55 Å². The topological polar surface area (TPSA) is 33.5 Å². The summed E-state index contributed by atoms with van der Waals surface area (Å²) in [5.74, 6) is 1.98. The third-order valence-corrected chi connectivity index (χ3v) is 13.4. The van der Waals surface area contributed by atoms with Crippen molar-refractivity contribution >= 4 is 44.6 Å². The zero-order valence-corrected chi connectivity index (χ0v) is 38.8. The minimum atomic E-state index is -0.611. The predicted molar refractivity (Wildman–Crippen MR) is 284 cm³/mol. The van der Waals surface area contributed by atoms with E-state index in [2.05, 4.69) is 90.9 Å². The summed E-state index contributed by atoms with van der Waals surface area (Å²) in [6.07, 6.45) is 2.74. The summed E-state index contributed by atoms with van der Waals surface area (Å²) in [5.41, 5.74) is 11.0. The van der Waals surface area contributed by atoms with Crippen molar-refractivity contribution in [1.29, 1.82) is 0 Å². The van der Waals surface area contributed by atoms with Gasteiger partial charge in [0, 0.05) is 51.5 Å². The maximum absolute atomic E-state index is 9.29. The summed E-state index contributed by atoms with van der Waals surface area (Å²) in [6.45, 7) is 12.6. The minimum absolute atomic E-state index is 0.0788. The van der Waals surface area contributed by atoms with E-state index in [1.165, 1.54) is 27.8 Å². The Morgan fingerprint density at radius 3 is 1.90 bits per heavy atom. The highest BCUT2D eigenvalue weighted by molar-refractivity contribution is 6.15. The zero-order chi connectivity index (χ0) is 55.0. The quantitative estimate of drug-likeness (QED) is 0.160. The Kier molecular flexibility index (Phi) is 7.46. The molecule has 10 aromatic rings. The Morgan fingerprint density at radius 1 is 0.544 bits per heavy atom. The molecule has 0 saturated carbocycles. The number of hydrogen-bond donors (Lipinski definition) is 0. The molecule has 0 unspecified atom stereocenters. The van der Waals surface area contributed by atoms with E-state index in [4.69, 9.17) is 17.9 Å². The van der Waals surface area contributed by atoms with Gasteiger partial charge in [-0.15, -0.1) is 0 Å². The van der Waals surface area contributed by atoms with Crippen LogP contribution >= 0.6 is 0 Å². The molecule has 2 aliphatic rings. The fourth-order valence-corrected chi connectivity index (χ4v) is 9.99. The maximum atomic E-state index is 9.29. The van der Waals surface area contributed by atoms with Gasteiger partial charge >= 0.3 is 0 Å². The number of nitrogens with zero attached hydrogens (tertiary/aromatic N) is 4. The van der Waals surface area contributed by atoms with E-state index in [0.717, 1.165) is 45.4 Å². The molecule has 5 heteroatoms. The molecule has 1 aliphatic carbocycles. The first kappa shape index (κ1) is 31.9. The number of para-hydroxylation sites is 2. The predicted octanol–water partition coefficient (Wildman–Crippen LogP) is 16.7. The van der Waals surface area contributed by atoms with Crippen molar-refractivity contribution in [2.45, 2.75) is 58.8 Å². The lowest BCUT2D eigenvalue weighted by Gasteiger charge is -2.30. The largest absolute Gasteiger partial charge is 0.457 e. The molecule has 0 radical (unpaired) electrons. The minimum Gasteiger partial charge on any atom is -0.457 e. The normalized spacial score (nSPS) is 15.3. The van der Waals surface area contributed by atoms with Gasteiger partial charge < -0.3 is 14.5 Å². The average Bonchev–Trinajstić information content (AvgIpc) is 4.27. The summed E-state index contributed by atoms with van der Waals surface area (Å²) < 4.78 is 98.5. The standard InChI is InChI=1S/C63H54N4O/c1-62(2,3)45-32-33-64-58(37-45)67-57-39-49(29-31-51(57)52-30-28-44-34-43-22-13-14-25-50(43)59(44)61(52)67)68-48-24-17-23-47(38-48)65-40-66(56-27-16-15-26-55(56)65)60-53(41-18-9-7-10-19-41)35-46(63(4,5)6)36-54(60)42-20-11-8-12-21-42/h7-33,35-39H,34,40H2,1-6H3/i7D,8D,9D,10D,11D,12D,18D,19D,20D,21D. The molecule has 8 aromatic carbocycles. The number of rotatable bonds is 7. The molecule has 0 saturated heterocycles. The van der Waals surface area contributed by atoms with Gasteiger partial charge in [-0.3, -0.25) is 4.57 Å². The van der Waals surface area contributed by atoms with Gasteiger partial charge in [-0.05, 0) is 117 Å². The Bertz CT molecular complexity index is 4050. The van der Waals surface area contributed by atoms with Crippen LogP contribution in [0.5, 0.6) is 11.5 Å². The molecule has 0 spiro atoms. The lowest BCUT2D eigenvalue weighted by Crippen LogP contribution is -2.25. The highest BCUT2D eigenvalue weighted by atomic mass is 16.5. The van der Waals surface area contributed by atoms with Gasteiger partial charge in [0.1, 0.15) is 24.0 Å². The fraction of sp³-hybridized carbons (Fsp3) is 0.159. The second-order valence-corrected chi connectivity index (χ2v) is 19.8. The van der Waals surface area contributed by atoms with Crippen LogP contribution in [0.25, 0.3) is 61.0 Å². The molecule has 0 amide bonds. The molecule has 12 rings (SSSR count). The van der Waals surface area contributed by atoms with Crippen LogP contribution in [0, 0.1) is 0 Å². The number of fused-ring (bicyclic) bond motifs is 8. The van der Waals surface area contributed by atoms with Crippen LogP contribution in [-0.2, 0) is 17.3 Å². The number of pyridine rings is 1. The highest BCUT2D eigenvalue weighted by Crippen LogP contribution is 2.52. The van der Waals surface area contributed by atoms with Gasteiger partial charge in [0.2, 0.25) is 0 Å². The fourth-order valence-electron chi connectivity index (χ4n) is 9.99. The molecule has 0 atom stereocenters. The average molecular weight is 893 g/mol. The third kappa shape index (κ3) is 7.04. The number of ether oxygens (including phenoxy) is 1. The first-order chi connectivity index (χ1) is 37.1. The van der Waals surface area contributed by atoms with Crippen molar-refractivity contribution in [2.75, 3.05) is 16.5 Å². The molecular weight excluding hydrogens is 829 g/mol. The summed E-state index contributed by atoms with van der Waals surface area (Å²) >= 11 is 0. The van der Waals surface area contributed by atoms with E-state index in [1.807, 2.05) is 98.6 Å². The van der Waals surface area contributed by atoms with Gasteiger partial charge in [0.15, 0.2) is 0 Å². The number of hydrogen-bond acceptors (Lipinski definition) is 4. The van der Waals surface area contributed by atoms with E-state index in [-0.39, 0.29) is 34.3 Å². The molecule has 68 heavy (non-hydrogen) atoms. The smallest absolute Gasteiger partial charge is 0.137 e. The van der Waals surface area contributed by atoms with Crippen LogP contribution in [-0.4, -0.2) is 16.2 Å². The van der Waals surface area contributed by atoms with Crippen LogP contribution in [0.3, 0.4) is 0 Å².